The zero-order chi connectivity index (χ0) is 31.9. The van der Waals surface area contributed by atoms with Gasteiger partial charge in [0.25, 0.3) is 0 Å². The van der Waals surface area contributed by atoms with E-state index in [4.69, 9.17) is 4.74 Å². The molecule has 4 aliphatic heterocycles. The fourth-order valence-electron chi connectivity index (χ4n) is 8.06. The molecule has 7 rings (SSSR count). The van der Waals surface area contributed by atoms with Crippen molar-refractivity contribution in [1.82, 2.24) is 9.80 Å². The van der Waals surface area contributed by atoms with E-state index in [-0.39, 0.29) is 24.3 Å². The number of ether oxygens (including phenoxy) is 1. The maximum Gasteiger partial charge on any atom is 0.249 e. The number of hydrogen-bond donors (Lipinski definition) is 1. The van der Waals surface area contributed by atoms with Gasteiger partial charge in [0, 0.05) is 25.3 Å². The molecule has 1 unspecified atom stereocenters. The van der Waals surface area contributed by atoms with E-state index < -0.39 is 35.1 Å². The fourth-order valence-corrected chi connectivity index (χ4v) is 8.06. The van der Waals surface area contributed by atoms with Crippen molar-refractivity contribution in [3.05, 3.63) is 126 Å². The number of rotatable bonds is 8. The van der Waals surface area contributed by atoms with E-state index in [0.717, 1.165) is 16.8 Å². The summed E-state index contributed by atoms with van der Waals surface area (Å²) in [6, 6.07) is 27.1. The van der Waals surface area contributed by atoms with E-state index in [2.05, 4.69) is 0 Å². The Morgan fingerprint density at radius 3 is 2.07 bits per heavy atom. The number of aliphatic hydroxyl groups excluding tert-OH is 1. The SMILES string of the molecule is CC[C@]12C=CCN(c3ccccc3)C(=O)[C@H]1[C@H]1C(=O)N([C@@H](CO)Cc3ccccc3)C3C(=O)N(Cc4ccccc4)CC=C[C@@]31O2. The minimum absolute atomic E-state index is 0.205. The molecule has 8 nitrogen and oxygen atoms in total. The standard InChI is InChI=1S/C38H39N3O5/c1-2-37-20-12-23-40(29-18-10-5-11-19-29)34(43)31(37)32-35(44)41(30(26-42)24-27-14-6-3-7-15-27)33-36(45)39(22-13-21-38(32,33)46-37)25-28-16-8-4-9-17-28/h3-21,30-33,42H,2,22-26H2,1H3/t30-,31-,32+,33?,37+,38+/m1/s1. The van der Waals surface area contributed by atoms with Gasteiger partial charge in [0.1, 0.15) is 11.6 Å². The number of para-hydroxylation sites is 1. The van der Waals surface area contributed by atoms with E-state index in [1.165, 1.54) is 0 Å². The Morgan fingerprint density at radius 1 is 0.783 bits per heavy atom. The van der Waals surface area contributed by atoms with Gasteiger partial charge in [0.2, 0.25) is 17.7 Å². The van der Waals surface area contributed by atoms with Gasteiger partial charge in [0.05, 0.1) is 30.1 Å². The maximum atomic E-state index is 15.0. The van der Waals surface area contributed by atoms with Crippen LogP contribution in [0.2, 0.25) is 0 Å². The van der Waals surface area contributed by atoms with E-state index in [9.17, 15) is 14.7 Å². The molecule has 0 radical (unpaired) electrons. The third-order valence-corrected chi connectivity index (χ3v) is 10.2. The summed E-state index contributed by atoms with van der Waals surface area (Å²) in [6.45, 7) is 2.65. The zero-order valence-electron chi connectivity index (χ0n) is 25.9. The van der Waals surface area contributed by atoms with Crippen LogP contribution in [0.4, 0.5) is 5.69 Å². The monoisotopic (exact) mass is 617 g/mol. The summed E-state index contributed by atoms with van der Waals surface area (Å²) in [5.74, 6) is -2.62. The average molecular weight is 618 g/mol. The van der Waals surface area contributed by atoms with Crippen molar-refractivity contribution >= 4 is 23.4 Å². The summed E-state index contributed by atoms with van der Waals surface area (Å²) in [5.41, 5.74) is 0.158. The number of carbonyl (C=O) groups is 3. The largest absolute Gasteiger partial charge is 0.394 e. The first-order valence-corrected chi connectivity index (χ1v) is 16.1. The Balaban J connectivity index is 1.36. The molecule has 4 aliphatic rings. The molecule has 3 aromatic carbocycles. The van der Waals surface area contributed by atoms with E-state index in [1.54, 1.807) is 14.7 Å². The molecule has 1 spiro atoms. The number of likely N-dealkylation sites (tertiary alicyclic amines) is 1. The van der Waals surface area contributed by atoms with Crippen LogP contribution in [-0.4, -0.2) is 75.6 Å². The molecular weight excluding hydrogens is 578 g/mol. The first-order valence-electron chi connectivity index (χ1n) is 16.1. The van der Waals surface area contributed by atoms with Crippen LogP contribution in [0.3, 0.4) is 0 Å². The maximum absolute atomic E-state index is 15.0. The van der Waals surface area contributed by atoms with Crippen molar-refractivity contribution in [2.75, 3.05) is 24.6 Å². The van der Waals surface area contributed by atoms with Crippen molar-refractivity contribution in [2.24, 2.45) is 11.8 Å². The summed E-state index contributed by atoms with van der Waals surface area (Å²) in [5, 5.41) is 10.8. The highest BCUT2D eigenvalue weighted by Crippen LogP contribution is 2.59. The normalized spacial score (nSPS) is 29.3. The Hall–Kier alpha value is -4.53. The molecule has 3 aromatic rings. The predicted octanol–water partition coefficient (Wildman–Crippen LogP) is 4.15. The van der Waals surface area contributed by atoms with Crippen LogP contribution in [0, 0.1) is 11.8 Å². The average Bonchev–Trinajstić information content (AvgIpc) is 3.39. The summed E-state index contributed by atoms with van der Waals surface area (Å²) in [4.78, 5) is 49.6. The lowest BCUT2D eigenvalue weighted by molar-refractivity contribution is -0.155. The molecule has 46 heavy (non-hydrogen) atoms. The third kappa shape index (κ3) is 4.79. The van der Waals surface area contributed by atoms with Crippen LogP contribution in [-0.2, 0) is 32.1 Å². The lowest BCUT2D eigenvalue weighted by Gasteiger charge is -2.41. The lowest BCUT2D eigenvalue weighted by atomic mass is 9.73. The Bertz CT molecular complexity index is 1660. The van der Waals surface area contributed by atoms with Crippen molar-refractivity contribution < 1.29 is 24.2 Å². The van der Waals surface area contributed by atoms with Gasteiger partial charge in [-0.1, -0.05) is 110 Å². The molecule has 0 aliphatic carbocycles. The van der Waals surface area contributed by atoms with Crippen LogP contribution < -0.4 is 4.90 Å². The van der Waals surface area contributed by atoms with Crippen molar-refractivity contribution in [3.8, 4) is 0 Å². The summed E-state index contributed by atoms with van der Waals surface area (Å²) < 4.78 is 7.13. The molecule has 2 fully saturated rings. The minimum Gasteiger partial charge on any atom is -0.394 e. The molecule has 8 heteroatoms. The quantitative estimate of drug-likeness (QED) is 0.384. The van der Waals surface area contributed by atoms with Crippen LogP contribution in [0.1, 0.15) is 24.5 Å². The highest BCUT2D eigenvalue weighted by Gasteiger charge is 2.76. The molecule has 0 aromatic heterocycles. The van der Waals surface area contributed by atoms with Crippen LogP contribution in [0.15, 0.2) is 115 Å². The van der Waals surface area contributed by atoms with Gasteiger partial charge >= 0.3 is 0 Å². The number of hydrogen-bond acceptors (Lipinski definition) is 5. The third-order valence-electron chi connectivity index (χ3n) is 10.2. The molecule has 0 bridgehead atoms. The number of anilines is 1. The Morgan fingerprint density at radius 2 is 1.41 bits per heavy atom. The van der Waals surface area contributed by atoms with Gasteiger partial charge in [-0.2, -0.15) is 0 Å². The topological polar surface area (TPSA) is 90.4 Å². The number of benzene rings is 3. The fraction of sp³-hybridized carbons (Fsp3) is 0.342. The van der Waals surface area contributed by atoms with E-state index in [1.807, 2.05) is 122 Å². The van der Waals surface area contributed by atoms with Crippen LogP contribution in [0.5, 0.6) is 0 Å². The molecule has 236 valence electrons. The number of carbonyl (C=O) groups excluding carboxylic acids is 3. The predicted molar refractivity (Wildman–Crippen MR) is 174 cm³/mol. The molecule has 2 saturated heterocycles. The number of aliphatic hydroxyl groups is 1. The first-order chi connectivity index (χ1) is 22.4. The first kappa shape index (κ1) is 30.1. The second-order valence-corrected chi connectivity index (χ2v) is 12.7. The van der Waals surface area contributed by atoms with E-state index >= 15 is 4.79 Å². The highest BCUT2D eigenvalue weighted by molar-refractivity contribution is 6.04. The van der Waals surface area contributed by atoms with Crippen molar-refractivity contribution in [3.63, 3.8) is 0 Å². The Kier molecular flexibility index (Phi) is 7.87. The van der Waals surface area contributed by atoms with Gasteiger partial charge in [-0.05, 0) is 36.1 Å². The molecule has 0 saturated carbocycles. The van der Waals surface area contributed by atoms with Crippen molar-refractivity contribution in [1.29, 1.82) is 0 Å². The number of nitrogens with zero attached hydrogens (tertiary/aromatic N) is 3. The van der Waals surface area contributed by atoms with Gasteiger partial charge in [-0.15, -0.1) is 0 Å². The van der Waals surface area contributed by atoms with Crippen LogP contribution >= 0.6 is 0 Å². The second kappa shape index (κ2) is 12.0. The van der Waals surface area contributed by atoms with E-state index in [0.29, 0.717) is 32.5 Å². The number of fused-ring (bicyclic) bond motifs is 2. The molecular formula is C38H39N3O5. The molecule has 4 heterocycles. The number of amides is 3. The zero-order valence-corrected chi connectivity index (χ0v) is 25.9. The summed E-state index contributed by atoms with van der Waals surface area (Å²) in [6.07, 6.45) is 8.47. The smallest absolute Gasteiger partial charge is 0.249 e. The van der Waals surface area contributed by atoms with Gasteiger partial charge in [-0.3, -0.25) is 14.4 Å². The van der Waals surface area contributed by atoms with Gasteiger partial charge < -0.3 is 24.5 Å². The van der Waals surface area contributed by atoms with Crippen molar-refractivity contribution in [2.45, 2.75) is 49.6 Å². The summed E-state index contributed by atoms with van der Waals surface area (Å²) >= 11 is 0. The summed E-state index contributed by atoms with van der Waals surface area (Å²) in [7, 11) is 0. The lowest BCUT2D eigenvalue weighted by Crippen LogP contribution is -2.59. The Labute approximate surface area is 269 Å². The van der Waals surface area contributed by atoms with Gasteiger partial charge in [-0.25, -0.2) is 0 Å². The molecule has 1 N–H and O–H groups in total. The highest BCUT2D eigenvalue weighted by atomic mass is 16.5. The van der Waals surface area contributed by atoms with Gasteiger partial charge in [0.15, 0.2) is 0 Å². The molecule has 6 atom stereocenters. The second-order valence-electron chi connectivity index (χ2n) is 12.7. The molecule has 3 amide bonds. The minimum atomic E-state index is -1.40. The van der Waals surface area contributed by atoms with Crippen LogP contribution in [0.25, 0.3) is 0 Å².